The molecule has 1 fully saturated rings. The second-order valence-corrected chi connectivity index (χ2v) is 4.53. The van der Waals surface area contributed by atoms with E-state index in [2.05, 4.69) is 17.6 Å². The van der Waals surface area contributed by atoms with Gasteiger partial charge in [0.2, 0.25) is 5.91 Å². The third kappa shape index (κ3) is 2.82. The first kappa shape index (κ1) is 12.9. The van der Waals surface area contributed by atoms with Crippen molar-refractivity contribution in [1.29, 1.82) is 0 Å². The largest absolute Gasteiger partial charge is 0.495 e. The Balaban J connectivity index is 2.13. The number of aryl methyl sites for hydroxylation is 1. The summed E-state index contributed by atoms with van der Waals surface area (Å²) in [6.45, 7) is 3.01. The Morgan fingerprint density at radius 3 is 3.00 bits per heavy atom. The molecule has 4 nitrogen and oxygen atoms in total. The SMILES string of the molecule is CCc1ccc(OC)c(NC(=O)C2CCCN2)c1. The quantitative estimate of drug-likeness (QED) is 0.856. The Morgan fingerprint density at radius 1 is 1.56 bits per heavy atom. The number of amides is 1. The highest BCUT2D eigenvalue weighted by Crippen LogP contribution is 2.26. The van der Waals surface area contributed by atoms with E-state index in [9.17, 15) is 4.79 Å². The van der Waals surface area contributed by atoms with E-state index in [1.54, 1.807) is 7.11 Å². The van der Waals surface area contributed by atoms with Gasteiger partial charge in [0, 0.05) is 0 Å². The molecule has 0 saturated carbocycles. The maximum absolute atomic E-state index is 12.1. The van der Waals surface area contributed by atoms with Crippen molar-refractivity contribution in [3.8, 4) is 5.75 Å². The Hall–Kier alpha value is -1.55. The number of benzene rings is 1. The molecule has 1 atom stereocenters. The second kappa shape index (κ2) is 5.87. The van der Waals surface area contributed by atoms with Crippen molar-refractivity contribution in [2.24, 2.45) is 0 Å². The third-order valence-electron chi connectivity index (χ3n) is 3.31. The number of anilines is 1. The molecule has 4 heteroatoms. The molecule has 0 aromatic heterocycles. The fraction of sp³-hybridized carbons (Fsp3) is 0.500. The van der Waals surface area contributed by atoms with Crippen molar-refractivity contribution < 1.29 is 9.53 Å². The predicted octanol–water partition coefficient (Wildman–Crippen LogP) is 1.95. The number of methoxy groups -OCH3 is 1. The van der Waals surface area contributed by atoms with Crippen LogP contribution < -0.4 is 15.4 Å². The number of carbonyl (C=O) groups is 1. The van der Waals surface area contributed by atoms with Gasteiger partial charge in [0.1, 0.15) is 5.75 Å². The van der Waals surface area contributed by atoms with Gasteiger partial charge in [-0.3, -0.25) is 4.79 Å². The van der Waals surface area contributed by atoms with Crippen LogP contribution >= 0.6 is 0 Å². The van der Waals surface area contributed by atoms with E-state index in [-0.39, 0.29) is 11.9 Å². The zero-order valence-corrected chi connectivity index (χ0v) is 11.0. The number of hydrogen-bond donors (Lipinski definition) is 2. The number of ether oxygens (including phenoxy) is 1. The first-order valence-electron chi connectivity index (χ1n) is 6.45. The van der Waals surface area contributed by atoms with Crippen molar-refractivity contribution in [1.82, 2.24) is 5.32 Å². The van der Waals surface area contributed by atoms with Crippen LogP contribution in [-0.4, -0.2) is 25.6 Å². The fourth-order valence-corrected chi connectivity index (χ4v) is 2.20. The predicted molar refractivity (Wildman–Crippen MR) is 72.0 cm³/mol. The van der Waals surface area contributed by atoms with Crippen LogP contribution in [0.1, 0.15) is 25.3 Å². The molecular formula is C14H20N2O2. The number of nitrogens with one attached hydrogen (secondary N) is 2. The summed E-state index contributed by atoms with van der Waals surface area (Å²) in [6, 6.07) is 5.82. The van der Waals surface area contributed by atoms with Gasteiger partial charge in [-0.05, 0) is 43.5 Å². The molecule has 98 valence electrons. The zero-order valence-electron chi connectivity index (χ0n) is 11.0. The van der Waals surface area contributed by atoms with Crippen molar-refractivity contribution in [3.63, 3.8) is 0 Å². The molecule has 1 aliphatic heterocycles. The lowest BCUT2D eigenvalue weighted by atomic mass is 10.1. The van der Waals surface area contributed by atoms with Crippen molar-refractivity contribution in [3.05, 3.63) is 23.8 Å². The van der Waals surface area contributed by atoms with Gasteiger partial charge < -0.3 is 15.4 Å². The van der Waals surface area contributed by atoms with Crippen LogP contribution in [-0.2, 0) is 11.2 Å². The van der Waals surface area contributed by atoms with Crippen molar-refractivity contribution in [2.45, 2.75) is 32.2 Å². The molecule has 1 aliphatic rings. The van der Waals surface area contributed by atoms with Crippen LogP contribution in [0.4, 0.5) is 5.69 Å². The van der Waals surface area contributed by atoms with E-state index in [1.807, 2.05) is 18.2 Å². The van der Waals surface area contributed by atoms with Crippen LogP contribution in [0.25, 0.3) is 0 Å². The maximum Gasteiger partial charge on any atom is 0.241 e. The van der Waals surface area contributed by atoms with Gasteiger partial charge in [0.15, 0.2) is 0 Å². The van der Waals surface area contributed by atoms with Gasteiger partial charge >= 0.3 is 0 Å². The Morgan fingerprint density at radius 2 is 2.39 bits per heavy atom. The molecule has 1 amide bonds. The molecule has 1 saturated heterocycles. The van der Waals surface area contributed by atoms with E-state index in [0.29, 0.717) is 5.75 Å². The summed E-state index contributed by atoms with van der Waals surface area (Å²) >= 11 is 0. The van der Waals surface area contributed by atoms with E-state index in [1.165, 1.54) is 5.56 Å². The lowest BCUT2D eigenvalue weighted by molar-refractivity contribution is -0.117. The van der Waals surface area contributed by atoms with Crippen molar-refractivity contribution in [2.75, 3.05) is 19.0 Å². The molecule has 2 N–H and O–H groups in total. The molecule has 0 aliphatic carbocycles. The smallest absolute Gasteiger partial charge is 0.241 e. The Bertz CT molecular complexity index is 426. The Kier molecular flexibility index (Phi) is 4.20. The molecule has 0 radical (unpaired) electrons. The van der Waals surface area contributed by atoms with Gasteiger partial charge in [-0.2, -0.15) is 0 Å². The first-order chi connectivity index (χ1) is 8.74. The average Bonchev–Trinajstić information content (AvgIpc) is 2.92. The second-order valence-electron chi connectivity index (χ2n) is 4.53. The van der Waals surface area contributed by atoms with E-state index >= 15 is 0 Å². The lowest BCUT2D eigenvalue weighted by Crippen LogP contribution is -2.35. The summed E-state index contributed by atoms with van der Waals surface area (Å²) in [4.78, 5) is 12.1. The van der Waals surface area contributed by atoms with Gasteiger partial charge in [-0.1, -0.05) is 13.0 Å². The molecule has 18 heavy (non-hydrogen) atoms. The van der Waals surface area contributed by atoms with Crippen LogP contribution in [0.15, 0.2) is 18.2 Å². The minimum absolute atomic E-state index is 0.0269. The first-order valence-corrected chi connectivity index (χ1v) is 6.45. The monoisotopic (exact) mass is 248 g/mol. The third-order valence-corrected chi connectivity index (χ3v) is 3.31. The van der Waals surface area contributed by atoms with Crippen LogP contribution in [0.3, 0.4) is 0 Å². The average molecular weight is 248 g/mol. The van der Waals surface area contributed by atoms with E-state index < -0.39 is 0 Å². The fourth-order valence-electron chi connectivity index (χ4n) is 2.20. The maximum atomic E-state index is 12.1. The van der Waals surface area contributed by atoms with Crippen molar-refractivity contribution >= 4 is 11.6 Å². The topological polar surface area (TPSA) is 50.4 Å². The molecular weight excluding hydrogens is 228 g/mol. The molecule has 1 aromatic carbocycles. The summed E-state index contributed by atoms with van der Waals surface area (Å²) in [5.74, 6) is 0.734. The van der Waals surface area contributed by atoms with Gasteiger partial charge in [-0.25, -0.2) is 0 Å². The zero-order chi connectivity index (χ0) is 13.0. The van der Waals surface area contributed by atoms with E-state index in [4.69, 9.17) is 4.74 Å². The molecule has 0 bridgehead atoms. The molecule has 0 spiro atoms. The van der Waals surface area contributed by atoms with Crippen LogP contribution in [0, 0.1) is 0 Å². The molecule has 1 aromatic rings. The summed E-state index contributed by atoms with van der Waals surface area (Å²) in [7, 11) is 1.62. The summed E-state index contributed by atoms with van der Waals surface area (Å²) < 4.78 is 5.27. The van der Waals surface area contributed by atoms with Gasteiger partial charge in [0.25, 0.3) is 0 Å². The highest BCUT2D eigenvalue weighted by molar-refractivity contribution is 5.96. The highest BCUT2D eigenvalue weighted by Gasteiger charge is 2.22. The number of rotatable bonds is 4. The minimum atomic E-state index is -0.0695. The standard InChI is InChI=1S/C14H20N2O2/c1-3-10-6-7-13(18-2)12(9-10)16-14(17)11-5-4-8-15-11/h6-7,9,11,15H,3-5,8H2,1-2H3,(H,16,17). The van der Waals surface area contributed by atoms with Gasteiger partial charge in [0.05, 0.1) is 18.8 Å². The highest BCUT2D eigenvalue weighted by atomic mass is 16.5. The van der Waals surface area contributed by atoms with Crippen LogP contribution in [0.5, 0.6) is 5.75 Å². The molecule has 2 rings (SSSR count). The summed E-state index contributed by atoms with van der Waals surface area (Å²) in [6.07, 6.45) is 2.90. The van der Waals surface area contributed by atoms with E-state index in [0.717, 1.165) is 31.5 Å². The number of carbonyl (C=O) groups excluding carboxylic acids is 1. The number of hydrogen-bond acceptors (Lipinski definition) is 3. The normalized spacial score (nSPS) is 18.7. The van der Waals surface area contributed by atoms with Crippen LogP contribution in [0.2, 0.25) is 0 Å². The van der Waals surface area contributed by atoms with Gasteiger partial charge in [-0.15, -0.1) is 0 Å². The Labute approximate surface area is 108 Å². The summed E-state index contributed by atoms with van der Waals surface area (Å²) in [5, 5.41) is 6.14. The summed E-state index contributed by atoms with van der Waals surface area (Å²) in [5.41, 5.74) is 1.95. The minimum Gasteiger partial charge on any atom is -0.495 e. The molecule has 1 heterocycles. The molecule has 1 unspecified atom stereocenters. The lowest BCUT2D eigenvalue weighted by Gasteiger charge is -2.14.